The lowest BCUT2D eigenvalue weighted by atomic mass is 9.98. The Kier molecular flexibility index (Phi) is 5.20. The number of nitrogens with zero attached hydrogens (tertiary/aromatic N) is 2. The van der Waals surface area contributed by atoms with Gasteiger partial charge in [0.15, 0.2) is 0 Å². The maximum absolute atomic E-state index is 12.5. The first kappa shape index (κ1) is 18.8. The van der Waals surface area contributed by atoms with Crippen molar-refractivity contribution in [1.82, 2.24) is 0 Å². The number of hydrogen-bond donors (Lipinski definition) is 2. The lowest BCUT2D eigenvalue weighted by Crippen LogP contribution is -2.14. The number of rotatable bonds is 5. The first-order valence-electron chi connectivity index (χ1n) is 7.69. The zero-order chi connectivity index (χ0) is 19.6. The number of phenols is 1. The van der Waals surface area contributed by atoms with Crippen molar-refractivity contribution in [2.75, 3.05) is 5.32 Å². The van der Waals surface area contributed by atoms with Crippen LogP contribution in [-0.2, 0) is 0 Å². The molecule has 0 aromatic heterocycles. The minimum atomic E-state index is -0.798. The van der Waals surface area contributed by atoms with Gasteiger partial charge < -0.3 is 10.4 Å². The average molecular weight is 359 g/mol. The number of amides is 1. The molecule has 2 aromatic carbocycles. The van der Waals surface area contributed by atoms with Gasteiger partial charge in [-0.3, -0.25) is 25.0 Å². The third-order valence-electron chi connectivity index (χ3n) is 3.82. The lowest BCUT2D eigenvalue weighted by Gasteiger charge is -2.16. The molecule has 0 saturated carbocycles. The van der Waals surface area contributed by atoms with E-state index >= 15 is 0 Å². The number of nitrogens with one attached hydrogen (secondary N) is 1. The molecule has 26 heavy (non-hydrogen) atoms. The van der Waals surface area contributed by atoms with Crippen LogP contribution in [0, 0.1) is 27.2 Å². The second kappa shape index (κ2) is 7.18. The molecule has 0 spiro atoms. The maximum atomic E-state index is 12.5. The van der Waals surface area contributed by atoms with Crippen LogP contribution < -0.4 is 5.32 Å². The third kappa shape index (κ3) is 3.94. The number of carbonyl (C=O) groups excluding carboxylic acids is 1. The van der Waals surface area contributed by atoms with Crippen LogP contribution >= 0.6 is 0 Å². The highest BCUT2D eigenvalue weighted by molar-refractivity contribution is 6.05. The minimum Gasteiger partial charge on any atom is -0.508 e. The number of hydrogen-bond acceptors (Lipinski definition) is 6. The van der Waals surface area contributed by atoms with Crippen molar-refractivity contribution < 1.29 is 19.7 Å². The number of anilines is 1. The molecule has 0 saturated heterocycles. The largest absolute Gasteiger partial charge is 0.508 e. The van der Waals surface area contributed by atoms with E-state index in [2.05, 4.69) is 5.32 Å². The summed E-state index contributed by atoms with van der Waals surface area (Å²) in [6, 6.07) is 5.86. The molecule has 0 atom stereocenters. The molecule has 0 aliphatic heterocycles. The first-order valence-corrected chi connectivity index (χ1v) is 7.69. The predicted molar refractivity (Wildman–Crippen MR) is 94.6 cm³/mol. The molecule has 0 aliphatic carbocycles. The SMILES string of the molecule is Cc1cc(NC(=O)c2cc([N+](=O)[O-])cc([N+](=O)[O-])c2)c(C(C)C)cc1O. The standard InChI is InChI=1S/C17H17N3O6/c1-9(2)14-8-16(21)10(3)4-15(14)18-17(22)11-5-12(19(23)24)7-13(6-11)20(25)26/h4-9,21H,1-3H3,(H,18,22). The van der Waals surface area contributed by atoms with E-state index in [0.717, 1.165) is 18.2 Å². The minimum absolute atomic E-state index is 0.0174. The lowest BCUT2D eigenvalue weighted by molar-refractivity contribution is -0.394. The van der Waals surface area contributed by atoms with Crippen LogP contribution in [0.3, 0.4) is 0 Å². The van der Waals surface area contributed by atoms with E-state index in [1.165, 1.54) is 6.07 Å². The summed E-state index contributed by atoms with van der Waals surface area (Å²) >= 11 is 0. The highest BCUT2D eigenvalue weighted by atomic mass is 16.6. The van der Waals surface area contributed by atoms with E-state index in [9.17, 15) is 30.1 Å². The van der Waals surface area contributed by atoms with Gasteiger partial charge >= 0.3 is 0 Å². The van der Waals surface area contributed by atoms with Crippen molar-refractivity contribution in [3.63, 3.8) is 0 Å². The molecule has 0 aliphatic rings. The van der Waals surface area contributed by atoms with Gasteiger partial charge in [0.25, 0.3) is 17.3 Å². The third-order valence-corrected chi connectivity index (χ3v) is 3.82. The molecule has 9 nitrogen and oxygen atoms in total. The molecule has 0 fully saturated rings. The second-order valence-corrected chi connectivity index (χ2v) is 6.09. The fourth-order valence-electron chi connectivity index (χ4n) is 2.43. The fourth-order valence-corrected chi connectivity index (χ4v) is 2.43. The summed E-state index contributed by atoms with van der Waals surface area (Å²) in [6.07, 6.45) is 0. The van der Waals surface area contributed by atoms with Crippen molar-refractivity contribution in [2.24, 2.45) is 0 Å². The van der Waals surface area contributed by atoms with Crippen LogP contribution in [0.15, 0.2) is 30.3 Å². The van der Waals surface area contributed by atoms with Crippen molar-refractivity contribution in [3.05, 3.63) is 67.3 Å². The molecule has 2 rings (SSSR count). The summed E-state index contributed by atoms with van der Waals surface area (Å²) in [6.45, 7) is 5.41. The zero-order valence-electron chi connectivity index (χ0n) is 14.3. The van der Waals surface area contributed by atoms with Gasteiger partial charge in [-0.1, -0.05) is 13.8 Å². The first-order chi connectivity index (χ1) is 12.1. The van der Waals surface area contributed by atoms with Gasteiger partial charge in [0, 0.05) is 17.8 Å². The van der Waals surface area contributed by atoms with Crippen LogP contribution in [-0.4, -0.2) is 20.9 Å². The predicted octanol–water partition coefficient (Wildman–Crippen LogP) is 3.89. The summed E-state index contributed by atoms with van der Waals surface area (Å²) in [4.78, 5) is 32.8. The molecule has 0 unspecified atom stereocenters. The summed E-state index contributed by atoms with van der Waals surface area (Å²) in [7, 11) is 0. The molecular formula is C17H17N3O6. The Morgan fingerprint density at radius 1 is 1.04 bits per heavy atom. The van der Waals surface area contributed by atoms with Gasteiger partial charge in [0.1, 0.15) is 5.75 Å². The van der Waals surface area contributed by atoms with Crippen LogP contribution in [0.1, 0.15) is 41.3 Å². The summed E-state index contributed by atoms with van der Waals surface area (Å²) in [5.74, 6) is -0.655. The summed E-state index contributed by atoms with van der Waals surface area (Å²) < 4.78 is 0. The number of phenolic OH excluding ortho intramolecular Hbond substituents is 1. The summed E-state index contributed by atoms with van der Waals surface area (Å²) in [5, 5.41) is 34.4. The quantitative estimate of drug-likeness (QED) is 0.472. The normalized spacial score (nSPS) is 10.6. The van der Waals surface area contributed by atoms with Gasteiger partial charge in [-0.25, -0.2) is 0 Å². The van der Waals surface area contributed by atoms with E-state index in [0.29, 0.717) is 16.8 Å². The summed E-state index contributed by atoms with van der Waals surface area (Å²) in [5.41, 5.74) is 0.336. The Bertz CT molecular complexity index is 875. The molecule has 136 valence electrons. The van der Waals surface area contributed by atoms with Crippen LogP contribution in [0.2, 0.25) is 0 Å². The van der Waals surface area contributed by atoms with Crippen molar-refractivity contribution in [1.29, 1.82) is 0 Å². The van der Waals surface area contributed by atoms with Crippen molar-refractivity contribution >= 4 is 23.0 Å². The number of nitro benzene ring substituents is 2. The van der Waals surface area contributed by atoms with E-state index in [1.807, 2.05) is 13.8 Å². The molecule has 0 radical (unpaired) electrons. The Morgan fingerprint density at radius 3 is 2.04 bits per heavy atom. The van der Waals surface area contributed by atoms with E-state index < -0.39 is 27.1 Å². The van der Waals surface area contributed by atoms with Crippen LogP contribution in [0.5, 0.6) is 5.75 Å². The number of non-ortho nitro benzene ring substituents is 2. The number of aryl methyl sites for hydroxylation is 1. The number of carbonyl (C=O) groups is 1. The van der Waals surface area contributed by atoms with Gasteiger partial charge in [-0.2, -0.15) is 0 Å². The van der Waals surface area contributed by atoms with Gasteiger partial charge in [-0.15, -0.1) is 0 Å². The molecule has 0 bridgehead atoms. The molecule has 0 heterocycles. The number of benzene rings is 2. The number of nitro groups is 2. The van der Waals surface area contributed by atoms with Gasteiger partial charge in [0.05, 0.1) is 21.5 Å². The van der Waals surface area contributed by atoms with Crippen molar-refractivity contribution in [2.45, 2.75) is 26.7 Å². The van der Waals surface area contributed by atoms with Crippen molar-refractivity contribution in [3.8, 4) is 5.75 Å². The zero-order valence-corrected chi connectivity index (χ0v) is 14.3. The highest BCUT2D eigenvalue weighted by Gasteiger charge is 2.21. The number of aromatic hydroxyl groups is 1. The molecule has 2 aromatic rings. The van der Waals surface area contributed by atoms with E-state index in [-0.39, 0.29) is 17.2 Å². The molecule has 1 amide bonds. The maximum Gasteiger partial charge on any atom is 0.277 e. The monoisotopic (exact) mass is 359 g/mol. The van der Waals surface area contributed by atoms with E-state index in [1.54, 1.807) is 13.0 Å². The van der Waals surface area contributed by atoms with Crippen LogP contribution in [0.4, 0.5) is 17.1 Å². The van der Waals surface area contributed by atoms with Crippen LogP contribution in [0.25, 0.3) is 0 Å². The second-order valence-electron chi connectivity index (χ2n) is 6.09. The molecule has 9 heteroatoms. The molecular weight excluding hydrogens is 342 g/mol. The topological polar surface area (TPSA) is 136 Å². The highest BCUT2D eigenvalue weighted by Crippen LogP contribution is 2.32. The molecule has 2 N–H and O–H groups in total. The van der Waals surface area contributed by atoms with Gasteiger partial charge in [-0.05, 0) is 36.1 Å². The Balaban J connectivity index is 2.47. The Morgan fingerprint density at radius 2 is 1.58 bits per heavy atom. The Labute approximate surface area is 148 Å². The fraction of sp³-hybridized carbons (Fsp3) is 0.235. The average Bonchev–Trinajstić information content (AvgIpc) is 2.57. The van der Waals surface area contributed by atoms with Gasteiger partial charge in [0.2, 0.25) is 0 Å². The van der Waals surface area contributed by atoms with E-state index in [4.69, 9.17) is 0 Å². The smallest absolute Gasteiger partial charge is 0.277 e. The Hall–Kier alpha value is -3.49.